The summed E-state index contributed by atoms with van der Waals surface area (Å²) in [4.78, 5) is 4.11. The number of benzene rings is 1. The van der Waals surface area contributed by atoms with Crippen LogP contribution in [0.5, 0.6) is 0 Å². The second kappa shape index (κ2) is 6.75. The smallest absolute Gasteiger partial charge is 0.279 e. The number of aromatic nitrogens is 1. The second-order valence-electron chi connectivity index (χ2n) is 5.90. The van der Waals surface area contributed by atoms with Crippen LogP contribution in [0.1, 0.15) is 36.9 Å². The molecule has 3 rings (SSSR count). The van der Waals surface area contributed by atoms with E-state index in [0.29, 0.717) is 18.7 Å². The molecule has 7 heteroatoms. The van der Waals surface area contributed by atoms with Gasteiger partial charge in [0, 0.05) is 18.7 Å². The van der Waals surface area contributed by atoms with Gasteiger partial charge < -0.3 is 4.42 Å². The summed E-state index contributed by atoms with van der Waals surface area (Å²) in [6.45, 7) is 2.79. The van der Waals surface area contributed by atoms with Gasteiger partial charge in [-0.15, -0.1) is 0 Å². The summed E-state index contributed by atoms with van der Waals surface area (Å²) in [6.07, 6.45) is 3.67. The zero-order chi connectivity index (χ0) is 17.2. The highest BCUT2D eigenvalue weighted by molar-refractivity contribution is 7.89. The molecular formula is C17H19N3O3S. The van der Waals surface area contributed by atoms with Crippen LogP contribution in [0.4, 0.5) is 0 Å². The van der Waals surface area contributed by atoms with Crippen LogP contribution in [0.25, 0.3) is 11.5 Å². The summed E-state index contributed by atoms with van der Waals surface area (Å²) in [5.74, 6) is 0.165. The number of oxazole rings is 1. The lowest BCUT2D eigenvalue weighted by atomic mass is 10.1. The van der Waals surface area contributed by atoms with E-state index in [9.17, 15) is 13.7 Å². The number of sulfonamides is 1. The van der Waals surface area contributed by atoms with Gasteiger partial charge in [-0.1, -0.05) is 31.0 Å². The SMILES string of the molecule is Cc1ccccc1-c1nc(C#N)c(S(=O)(=O)N2CCCCCC2)o1. The van der Waals surface area contributed by atoms with E-state index < -0.39 is 10.0 Å². The minimum atomic E-state index is -3.85. The third kappa shape index (κ3) is 3.07. The van der Waals surface area contributed by atoms with Crippen molar-refractivity contribution >= 4 is 10.0 Å². The quantitative estimate of drug-likeness (QED) is 0.853. The van der Waals surface area contributed by atoms with E-state index in [1.807, 2.05) is 31.2 Å². The van der Waals surface area contributed by atoms with Crippen molar-refractivity contribution in [1.82, 2.24) is 9.29 Å². The number of hydrogen-bond donors (Lipinski definition) is 0. The Morgan fingerprint density at radius 3 is 2.46 bits per heavy atom. The molecule has 24 heavy (non-hydrogen) atoms. The molecule has 6 nitrogen and oxygen atoms in total. The number of nitriles is 1. The molecule has 0 amide bonds. The first-order valence-electron chi connectivity index (χ1n) is 8.01. The van der Waals surface area contributed by atoms with E-state index in [0.717, 1.165) is 31.2 Å². The van der Waals surface area contributed by atoms with Gasteiger partial charge in [0.25, 0.3) is 15.1 Å². The van der Waals surface area contributed by atoms with Gasteiger partial charge in [-0.25, -0.2) is 8.42 Å². The molecule has 2 heterocycles. The highest BCUT2D eigenvalue weighted by Gasteiger charge is 2.33. The van der Waals surface area contributed by atoms with Crippen LogP contribution < -0.4 is 0 Å². The minimum Gasteiger partial charge on any atom is -0.422 e. The lowest BCUT2D eigenvalue weighted by molar-refractivity contribution is 0.388. The predicted octanol–water partition coefficient (Wildman–Crippen LogP) is 3.09. The van der Waals surface area contributed by atoms with Crippen LogP contribution in [-0.4, -0.2) is 30.8 Å². The Morgan fingerprint density at radius 1 is 1.17 bits per heavy atom. The zero-order valence-corrected chi connectivity index (χ0v) is 14.3. The van der Waals surface area contributed by atoms with Gasteiger partial charge in [0.2, 0.25) is 5.89 Å². The van der Waals surface area contributed by atoms with Gasteiger partial charge in [0.1, 0.15) is 6.07 Å². The van der Waals surface area contributed by atoms with E-state index in [1.165, 1.54) is 4.31 Å². The molecule has 1 fully saturated rings. The second-order valence-corrected chi connectivity index (χ2v) is 7.74. The Bertz CT molecular complexity index is 873. The molecule has 0 unspecified atom stereocenters. The average molecular weight is 345 g/mol. The first-order chi connectivity index (χ1) is 11.5. The van der Waals surface area contributed by atoms with Crippen molar-refractivity contribution in [2.45, 2.75) is 37.7 Å². The number of nitrogens with zero attached hydrogens (tertiary/aromatic N) is 3. The third-order valence-electron chi connectivity index (χ3n) is 4.22. The van der Waals surface area contributed by atoms with Crippen molar-refractivity contribution in [3.63, 3.8) is 0 Å². The van der Waals surface area contributed by atoms with Crippen molar-refractivity contribution < 1.29 is 12.8 Å². The summed E-state index contributed by atoms with van der Waals surface area (Å²) in [6, 6.07) is 9.23. The van der Waals surface area contributed by atoms with Gasteiger partial charge in [-0.3, -0.25) is 0 Å². The minimum absolute atomic E-state index is 0.165. The van der Waals surface area contributed by atoms with Gasteiger partial charge in [0.05, 0.1) is 0 Å². The molecule has 0 saturated carbocycles. The van der Waals surface area contributed by atoms with Crippen LogP contribution in [0, 0.1) is 18.3 Å². The third-order valence-corrected chi connectivity index (χ3v) is 6.01. The largest absolute Gasteiger partial charge is 0.422 e. The summed E-state index contributed by atoms with van der Waals surface area (Å²) in [5.41, 5.74) is 1.41. The van der Waals surface area contributed by atoms with E-state index in [2.05, 4.69) is 4.98 Å². The van der Waals surface area contributed by atoms with Gasteiger partial charge in [-0.2, -0.15) is 14.6 Å². The number of rotatable bonds is 3. The molecule has 1 aromatic carbocycles. The van der Waals surface area contributed by atoms with E-state index >= 15 is 0 Å². The summed E-state index contributed by atoms with van der Waals surface area (Å²) < 4.78 is 32.8. The molecule has 1 aromatic heterocycles. The van der Waals surface area contributed by atoms with Crippen LogP contribution in [0.2, 0.25) is 0 Å². The van der Waals surface area contributed by atoms with E-state index in [1.54, 1.807) is 6.07 Å². The van der Waals surface area contributed by atoms with E-state index in [-0.39, 0.29) is 16.7 Å². The lowest BCUT2D eigenvalue weighted by Crippen LogP contribution is -2.32. The molecule has 0 aliphatic carbocycles. The first kappa shape index (κ1) is 16.7. The van der Waals surface area contributed by atoms with Crippen molar-refractivity contribution in [3.8, 4) is 17.5 Å². The molecule has 126 valence electrons. The van der Waals surface area contributed by atoms with Crippen LogP contribution in [0.3, 0.4) is 0 Å². The van der Waals surface area contributed by atoms with Crippen molar-refractivity contribution in [3.05, 3.63) is 35.5 Å². The summed E-state index contributed by atoms with van der Waals surface area (Å²) in [5, 5.41) is 8.97. The normalized spacial score (nSPS) is 16.5. The van der Waals surface area contributed by atoms with Crippen molar-refractivity contribution in [2.75, 3.05) is 13.1 Å². The van der Waals surface area contributed by atoms with Crippen molar-refractivity contribution in [1.29, 1.82) is 5.26 Å². The fourth-order valence-electron chi connectivity index (χ4n) is 2.88. The molecule has 1 saturated heterocycles. The van der Waals surface area contributed by atoms with Gasteiger partial charge >= 0.3 is 0 Å². The Labute approximate surface area is 141 Å². The first-order valence-corrected chi connectivity index (χ1v) is 9.45. The standard InChI is InChI=1S/C17H19N3O3S/c1-13-8-4-5-9-14(13)16-19-15(12-18)17(23-16)24(21,22)20-10-6-2-3-7-11-20/h4-5,8-9H,2-3,6-7,10-11H2,1H3. The molecule has 0 bridgehead atoms. The number of aryl methyl sites for hydroxylation is 1. The Hall–Kier alpha value is -2.17. The predicted molar refractivity (Wildman–Crippen MR) is 88.6 cm³/mol. The molecule has 0 radical (unpaired) electrons. The fraction of sp³-hybridized carbons (Fsp3) is 0.412. The average Bonchev–Trinajstić information content (AvgIpc) is 2.82. The molecule has 0 N–H and O–H groups in total. The highest BCUT2D eigenvalue weighted by atomic mass is 32.2. The summed E-state index contributed by atoms with van der Waals surface area (Å²) >= 11 is 0. The highest BCUT2D eigenvalue weighted by Crippen LogP contribution is 2.29. The molecule has 0 atom stereocenters. The summed E-state index contributed by atoms with van der Waals surface area (Å²) in [7, 11) is -3.85. The van der Waals surface area contributed by atoms with Crippen LogP contribution in [0.15, 0.2) is 33.8 Å². The number of hydrogen-bond acceptors (Lipinski definition) is 5. The maximum atomic E-state index is 12.9. The van der Waals surface area contributed by atoms with E-state index in [4.69, 9.17) is 4.42 Å². The molecule has 1 aliphatic rings. The maximum Gasteiger partial charge on any atom is 0.279 e. The topological polar surface area (TPSA) is 87.2 Å². The van der Waals surface area contributed by atoms with Crippen LogP contribution >= 0.6 is 0 Å². The Morgan fingerprint density at radius 2 is 1.83 bits per heavy atom. The molecule has 1 aliphatic heterocycles. The maximum absolute atomic E-state index is 12.9. The Balaban J connectivity index is 2.05. The lowest BCUT2D eigenvalue weighted by Gasteiger charge is -2.17. The van der Waals surface area contributed by atoms with Crippen LogP contribution in [-0.2, 0) is 10.0 Å². The molecular weight excluding hydrogens is 326 g/mol. The zero-order valence-electron chi connectivity index (χ0n) is 13.5. The molecule has 2 aromatic rings. The monoisotopic (exact) mass is 345 g/mol. The van der Waals surface area contributed by atoms with Gasteiger partial charge in [0.15, 0.2) is 5.69 Å². The molecule has 0 spiro atoms. The Kier molecular flexibility index (Phi) is 4.69. The van der Waals surface area contributed by atoms with Crippen molar-refractivity contribution in [2.24, 2.45) is 0 Å². The fourth-order valence-corrected chi connectivity index (χ4v) is 4.37. The van der Waals surface area contributed by atoms with Gasteiger partial charge in [-0.05, 0) is 31.4 Å².